The Balaban J connectivity index is 1.57. The maximum absolute atomic E-state index is 14.5. The van der Waals surface area contributed by atoms with Gasteiger partial charge in [0.1, 0.15) is 23.5 Å². The Kier molecular flexibility index (Phi) is 4.93. The molecule has 1 aliphatic heterocycles. The first-order valence-corrected chi connectivity index (χ1v) is 10.1. The van der Waals surface area contributed by atoms with E-state index < -0.39 is 5.82 Å². The molecule has 1 fully saturated rings. The van der Waals surface area contributed by atoms with Gasteiger partial charge in [0.15, 0.2) is 17.5 Å². The number of hydrogen-bond acceptors (Lipinski definition) is 6. The fraction of sp³-hybridized carbons (Fsp3) is 0.273. The molecule has 0 radical (unpaired) electrons. The second-order valence-electron chi connectivity index (χ2n) is 7.60. The van der Waals surface area contributed by atoms with Gasteiger partial charge in [0, 0.05) is 24.2 Å². The first kappa shape index (κ1) is 19.3. The van der Waals surface area contributed by atoms with E-state index >= 15 is 0 Å². The zero-order chi connectivity index (χ0) is 21.4. The molecule has 31 heavy (non-hydrogen) atoms. The molecular weight excluding hydrogens is 402 g/mol. The van der Waals surface area contributed by atoms with Crippen molar-refractivity contribution in [3.8, 4) is 22.9 Å². The maximum atomic E-state index is 14.5. The third kappa shape index (κ3) is 3.67. The second kappa shape index (κ2) is 7.90. The van der Waals surface area contributed by atoms with Crippen LogP contribution >= 0.6 is 0 Å². The Hall–Kier alpha value is -3.62. The molecule has 1 aromatic carbocycles. The van der Waals surface area contributed by atoms with Crippen molar-refractivity contribution in [3.05, 3.63) is 66.1 Å². The smallest absolute Gasteiger partial charge is 0.183 e. The Morgan fingerprint density at radius 3 is 2.74 bits per heavy atom. The molecule has 0 bridgehead atoms. The van der Waals surface area contributed by atoms with Gasteiger partial charge in [-0.25, -0.2) is 18.7 Å². The van der Waals surface area contributed by atoms with E-state index in [9.17, 15) is 8.78 Å². The number of hydrogen-bond donors (Lipinski definition) is 0. The van der Waals surface area contributed by atoms with Crippen molar-refractivity contribution in [1.82, 2.24) is 24.9 Å². The summed E-state index contributed by atoms with van der Waals surface area (Å²) < 4.78 is 35.3. The number of benzene rings is 1. The van der Waals surface area contributed by atoms with Crippen LogP contribution in [0.25, 0.3) is 22.9 Å². The maximum Gasteiger partial charge on any atom is 0.183 e. The van der Waals surface area contributed by atoms with Crippen LogP contribution in [-0.4, -0.2) is 37.5 Å². The average Bonchev–Trinajstić information content (AvgIpc) is 3.51. The fourth-order valence-electron chi connectivity index (χ4n) is 3.92. The lowest BCUT2D eigenvalue weighted by Gasteiger charge is -2.22. The van der Waals surface area contributed by atoms with Gasteiger partial charge in [-0.2, -0.15) is 5.10 Å². The number of halogens is 2. The van der Waals surface area contributed by atoms with Crippen molar-refractivity contribution in [3.63, 3.8) is 0 Å². The van der Waals surface area contributed by atoms with Gasteiger partial charge in [-0.15, -0.1) is 0 Å². The van der Waals surface area contributed by atoms with Crippen LogP contribution in [-0.2, 0) is 6.54 Å². The zero-order valence-corrected chi connectivity index (χ0v) is 16.9. The molecule has 5 rings (SSSR count). The van der Waals surface area contributed by atoms with Crippen LogP contribution in [0, 0.1) is 11.6 Å². The van der Waals surface area contributed by atoms with E-state index in [1.807, 2.05) is 4.90 Å². The highest BCUT2D eigenvalue weighted by atomic mass is 19.1. The summed E-state index contributed by atoms with van der Waals surface area (Å²) in [5.74, 6) is -0.205. The highest BCUT2D eigenvalue weighted by Gasteiger charge is 2.26. The third-order valence-electron chi connectivity index (χ3n) is 5.54. The minimum atomic E-state index is -0.458. The van der Waals surface area contributed by atoms with Gasteiger partial charge >= 0.3 is 0 Å². The molecule has 0 saturated carbocycles. The summed E-state index contributed by atoms with van der Waals surface area (Å²) in [5, 5.41) is 8.58. The van der Waals surface area contributed by atoms with Crippen LogP contribution in [0.1, 0.15) is 25.3 Å². The van der Waals surface area contributed by atoms with E-state index in [4.69, 9.17) is 4.52 Å². The molecule has 3 aromatic heterocycles. The number of anilines is 1. The van der Waals surface area contributed by atoms with Gasteiger partial charge in [0.2, 0.25) is 0 Å². The molecule has 4 aromatic rings. The number of aromatic nitrogens is 5. The van der Waals surface area contributed by atoms with Crippen LogP contribution < -0.4 is 4.90 Å². The molecule has 0 amide bonds. The Bertz CT molecular complexity index is 1210. The van der Waals surface area contributed by atoms with Crippen molar-refractivity contribution >= 4 is 5.82 Å². The van der Waals surface area contributed by atoms with Gasteiger partial charge in [-0.1, -0.05) is 23.4 Å². The lowest BCUT2D eigenvalue weighted by Crippen LogP contribution is -2.28. The highest BCUT2D eigenvalue weighted by Crippen LogP contribution is 2.29. The molecule has 7 nitrogen and oxygen atoms in total. The SMILES string of the molecule is CC1CCCN1c1nc(-c2cc(-c3ccon3)n(Cc3ccccc3F)n2)ncc1F. The standard InChI is InChI=1S/C22H20F2N6O/c1-14-5-4-9-29(14)22-17(24)12-25-21(26-22)19-11-20(18-8-10-31-28-18)30(27-19)13-15-6-2-3-7-16(15)23/h2-3,6-8,10-12,14H,4-5,9,13H2,1H3. The van der Waals surface area contributed by atoms with Crippen molar-refractivity contribution < 1.29 is 13.3 Å². The fourth-order valence-corrected chi connectivity index (χ4v) is 3.92. The second-order valence-corrected chi connectivity index (χ2v) is 7.60. The zero-order valence-electron chi connectivity index (χ0n) is 16.9. The topological polar surface area (TPSA) is 72.9 Å². The molecule has 1 unspecified atom stereocenters. The predicted molar refractivity (Wildman–Crippen MR) is 110 cm³/mol. The van der Waals surface area contributed by atoms with Crippen molar-refractivity contribution in [2.45, 2.75) is 32.4 Å². The summed E-state index contributed by atoms with van der Waals surface area (Å²) in [7, 11) is 0. The van der Waals surface area contributed by atoms with Gasteiger partial charge in [0.05, 0.1) is 18.4 Å². The average molecular weight is 422 g/mol. The predicted octanol–water partition coefficient (Wildman–Crippen LogP) is 4.31. The van der Waals surface area contributed by atoms with Gasteiger partial charge in [-0.05, 0) is 31.9 Å². The normalized spacial score (nSPS) is 16.2. The Morgan fingerprint density at radius 2 is 2.00 bits per heavy atom. The molecule has 158 valence electrons. The first-order valence-electron chi connectivity index (χ1n) is 10.1. The van der Waals surface area contributed by atoms with Gasteiger partial charge in [-0.3, -0.25) is 4.68 Å². The van der Waals surface area contributed by atoms with E-state index in [0.717, 1.165) is 19.4 Å². The van der Waals surface area contributed by atoms with E-state index in [0.29, 0.717) is 28.5 Å². The lowest BCUT2D eigenvalue weighted by molar-refractivity contribution is 0.421. The molecule has 0 spiro atoms. The minimum absolute atomic E-state index is 0.187. The molecule has 1 saturated heterocycles. The molecule has 1 aliphatic rings. The summed E-state index contributed by atoms with van der Waals surface area (Å²) in [5.41, 5.74) is 2.09. The van der Waals surface area contributed by atoms with Crippen molar-refractivity contribution in [1.29, 1.82) is 0 Å². The van der Waals surface area contributed by atoms with E-state index in [1.165, 1.54) is 18.5 Å². The van der Waals surface area contributed by atoms with Crippen LogP contribution in [0.4, 0.5) is 14.6 Å². The quantitative estimate of drug-likeness (QED) is 0.477. The van der Waals surface area contributed by atoms with E-state index in [1.54, 1.807) is 35.0 Å². The van der Waals surface area contributed by atoms with Crippen molar-refractivity contribution in [2.24, 2.45) is 0 Å². The van der Waals surface area contributed by atoms with Crippen LogP contribution in [0.5, 0.6) is 0 Å². The van der Waals surface area contributed by atoms with E-state index in [2.05, 4.69) is 27.1 Å². The minimum Gasteiger partial charge on any atom is -0.364 e. The largest absolute Gasteiger partial charge is 0.364 e. The van der Waals surface area contributed by atoms with Crippen molar-refractivity contribution in [2.75, 3.05) is 11.4 Å². The number of nitrogens with zero attached hydrogens (tertiary/aromatic N) is 6. The summed E-state index contributed by atoms with van der Waals surface area (Å²) >= 11 is 0. The molecule has 0 N–H and O–H groups in total. The van der Waals surface area contributed by atoms with Gasteiger partial charge in [0.25, 0.3) is 0 Å². The monoisotopic (exact) mass is 422 g/mol. The highest BCUT2D eigenvalue weighted by molar-refractivity contribution is 5.63. The first-order chi connectivity index (χ1) is 15.1. The van der Waals surface area contributed by atoms with Gasteiger partial charge < -0.3 is 9.42 Å². The summed E-state index contributed by atoms with van der Waals surface area (Å²) in [6.07, 6.45) is 4.62. The van der Waals surface area contributed by atoms with Crippen LogP contribution in [0.2, 0.25) is 0 Å². The molecule has 1 atom stereocenters. The summed E-state index contributed by atoms with van der Waals surface area (Å²) in [6.45, 7) is 2.99. The molecular formula is C22H20F2N6O. The van der Waals surface area contributed by atoms with E-state index in [-0.39, 0.29) is 24.2 Å². The molecule has 4 heterocycles. The summed E-state index contributed by atoms with van der Waals surface area (Å²) in [6, 6.07) is 10.2. The van der Waals surface area contributed by atoms with Crippen LogP contribution in [0.15, 0.2) is 53.4 Å². The Morgan fingerprint density at radius 1 is 1.13 bits per heavy atom. The summed E-state index contributed by atoms with van der Waals surface area (Å²) in [4.78, 5) is 10.6. The molecule has 9 heteroatoms. The Labute approximate surface area is 177 Å². The third-order valence-corrected chi connectivity index (χ3v) is 5.54. The molecule has 0 aliphatic carbocycles. The number of rotatable bonds is 5. The van der Waals surface area contributed by atoms with Crippen LogP contribution in [0.3, 0.4) is 0 Å². The lowest BCUT2D eigenvalue weighted by atomic mass is 10.2.